The molecule has 0 aromatic heterocycles. The van der Waals surface area contributed by atoms with Crippen molar-refractivity contribution in [1.29, 1.82) is 0 Å². The summed E-state index contributed by atoms with van der Waals surface area (Å²) in [5.74, 6) is -1.29. The van der Waals surface area contributed by atoms with Crippen molar-refractivity contribution in [1.82, 2.24) is 0 Å². The van der Waals surface area contributed by atoms with E-state index in [1.807, 2.05) is 53.7 Å². The molecule has 0 spiro atoms. The van der Waals surface area contributed by atoms with E-state index in [1.165, 1.54) is 17.7 Å². The second kappa shape index (κ2) is 7.97. The summed E-state index contributed by atoms with van der Waals surface area (Å²) in [5, 5.41) is 18.1. The molecular weight excluding hydrogens is 316 g/mol. The number of carboxylic acids is 1. The van der Waals surface area contributed by atoms with Crippen molar-refractivity contribution < 1.29 is 19.8 Å². The van der Waals surface area contributed by atoms with Crippen LogP contribution in [-0.2, 0) is 5.41 Å². The fourth-order valence-corrected chi connectivity index (χ4v) is 2.55. The standard InChI is InChI=1S/C11H14O3.C10H12O/c1-11(2,3)7-4-5-9(12)8(6-7)10(13)14;1-7-4-8(2)10(6-11)9(3)5-7/h4-6,12H,1-3H3,(H,13,14);4-6H,1-3H3. The van der Waals surface area contributed by atoms with Gasteiger partial charge in [-0.2, -0.15) is 0 Å². The summed E-state index contributed by atoms with van der Waals surface area (Å²) in [6.45, 7) is 11.9. The molecule has 2 aromatic carbocycles. The number of rotatable bonds is 2. The van der Waals surface area contributed by atoms with Gasteiger partial charge in [-0.1, -0.05) is 44.5 Å². The third-order valence-electron chi connectivity index (χ3n) is 3.95. The molecule has 0 unspecified atom stereocenters. The molecule has 0 saturated heterocycles. The van der Waals surface area contributed by atoms with Crippen LogP contribution in [0, 0.1) is 20.8 Å². The molecule has 0 aliphatic carbocycles. The van der Waals surface area contributed by atoms with Crippen LogP contribution >= 0.6 is 0 Å². The SMILES string of the molecule is CC(C)(C)c1ccc(O)c(C(=O)O)c1.Cc1cc(C)c(C=O)c(C)c1. The number of benzene rings is 2. The highest BCUT2D eigenvalue weighted by Gasteiger charge is 2.17. The normalized spacial score (nSPS) is 10.6. The minimum absolute atomic E-state index is 0.0441. The maximum absolute atomic E-state index is 10.7. The number of carbonyl (C=O) groups is 2. The van der Waals surface area contributed by atoms with Gasteiger partial charge in [0.1, 0.15) is 11.3 Å². The van der Waals surface area contributed by atoms with E-state index < -0.39 is 5.97 Å². The maximum Gasteiger partial charge on any atom is 0.339 e. The number of aldehydes is 1. The lowest BCUT2D eigenvalue weighted by atomic mass is 9.86. The lowest BCUT2D eigenvalue weighted by Gasteiger charge is -2.19. The van der Waals surface area contributed by atoms with Crippen LogP contribution in [0.25, 0.3) is 0 Å². The molecule has 0 heterocycles. The van der Waals surface area contributed by atoms with Gasteiger partial charge in [-0.05, 0) is 55.0 Å². The molecule has 0 fully saturated rings. The Morgan fingerprint density at radius 3 is 1.92 bits per heavy atom. The minimum Gasteiger partial charge on any atom is -0.507 e. The van der Waals surface area contributed by atoms with E-state index in [1.54, 1.807) is 6.07 Å². The number of hydrogen-bond acceptors (Lipinski definition) is 3. The molecular formula is C21H26O4. The van der Waals surface area contributed by atoms with E-state index in [4.69, 9.17) is 5.11 Å². The van der Waals surface area contributed by atoms with Crippen molar-refractivity contribution in [2.75, 3.05) is 0 Å². The Morgan fingerprint density at radius 1 is 1.00 bits per heavy atom. The smallest absolute Gasteiger partial charge is 0.339 e. The summed E-state index contributed by atoms with van der Waals surface area (Å²) < 4.78 is 0. The van der Waals surface area contributed by atoms with Crippen LogP contribution in [-0.4, -0.2) is 22.5 Å². The molecule has 25 heavy (non-hydrogen) atoms. The van der Waals surface area contributed by atoms with Gasteiger partial charge < -0.3 is 10.2 Å². The molecule has 134 valence electrons. The summed E-state index contributed by atoms with van der Waals surface area (Å²) in [7, 11) is 0. The fourth-order valence-electron chi connectivity index (χ4n) is 2.55. The van der Waals surface area contributed by atoms with Gasteiger partial charge in [-0.25, -0.2) is 4.79 Å². The Balaban J connectivity index is 0.000000257. The van der Waals surface area contributed by atoms with E-state index >= 15 is 0 Å². The molecule has 4 nitrogen and oxygen atoms in total. The molecule has 0 saturated carbocycles. The van der Waals surface area contributed by atoms with Crippen LogP contribution in [0.5, 0.6) is 5.75 Å². The lowest BCUT2D eigenvalue weighted by Crippen LogP contribution is -2.12. The molecule has 2 aromatic rings. The van der Waals surface area contributed by atoms with E-state index in [-0.39, 0.29) is 16.7 Å². The lowest BCUT2D eigenvalue weighted by molar-refractivity contribution is 0.0693. The van der Waals surface area contributed by atoms with Gasteiger partial charge in [0, 0.05) is 5.56 Å². The van der Waals surface area contributed by atoms with Gasteiger partial charge in [-0.15, -0.1) is 0 Å². The topological polar surface area (TPSA) is 74.6 Å². The Hall–Kier alpha value is -2.62. The first-order valence-electron chi connectivity index (χ1n) is 8.07. The average molecular weight is 342 g/mol. The number of aryl methyl sites for hydroxylation is 3. The molecule has 2 N–H and O–H groups in total. The average Bonchev–Trinajstić information content (AvgIpc) is 2.46. The molecule has 0 aliphatic heterocycles. The molecule has 4 heteroatoms. The van der Waals surface area contributed by atoms with E-state index in [2.05, 4.69) is 0 Å². The summed E-state index contributed by atoms with van der Waals surface area (Å²) in [6.07, 6.45) is 0.921. The van der Waals surface area contributed by atoms with Crippen LogP contribution in [0.4, 0.5) is 0 Å². The van der Waals surface area contributed by atoms with Crippen LogP contribution in [0.2, 0.25) is 0 Å². The Labute approximate surface area is 149 Å². The quantitative estimate of drug-likeness (QED) is 0.768. The Morgan fingerprint density at radius 2 is 1.52 bits per heavy atom. The zero-order chi connectivity index (χ0) is 19.4. The zero-order valence-electron chi connectivity index (χ0n) is 15.7. The summed E-state index contributed by atoms with van der Waals surface area (Å²) in [4.78, 5) is 21.3. The third-order valence-corrected chi connectivity index (χ3v) is 3.95. The molecule has 0 aliphatic rings. The van der Waals surface area contributed by atoms with Gasteiger partial charge >= 0.3 is 5.97 Å². The second-order valence-electron chi connectivity index (χ2n) is 7.22. The van der Waals surface area contributed by atoms with Crippen molar-refractivity contribution >= 4 is 12.3 Å². The number of aromatic hydroxyl groups is 1. The van der Waals surface area contributed by atoms with Crippen LogP contribution in [0.15, 0.2) is 30.3 Å². The molecule has 0 amide bonds. The summed E-state index contributed by atoms with van der Waals surface area (Å²) >= 11 is 0. The second-order valence-corrected chi connectivity index (χ2v) is 7.22. The number of carbonyl (C=O) groups excluding carboxylic acids is 1. The first-order chi connectivity index (χ1) is 11.5. The first kappa shape index (κ1) is 20.4. The van der Waals surface area contributed by atoms with Crippen molar-refractivity contribution in [3.8, 4) is 5.75 Å². The predicted molar refractivity (Wildman–Crippen MR) is 99.8 cm³/mol. The first-order valence-corrected chi connectivity index (χ1v) is 8.07. The van der Waals surface area contributed by atoms with Crippen LogP contribution in [0.1, 0.15) is 63.7 Å². The number of carboxylic acid groups (broad SMARTS) is 1. The summed E-state index contributed by atoms with van der Waals surface area (Å²) in [6, 6.07) is 8.72. The van der Waals surface area contributed by atoms with Crippen molar-refractivity contribution in [2.45, 2.75) is 47.0 Å². The number of aromatic carboxylic acids is 1. The van der Waals surface area contributed by atoms with Crippen molar-refractivity contribution in [2.24, 2.45) is 0 Å². The highest BCUT2D eigenvalue weighted by Crippen LogP contribution is 2.27. The van der Waals surface area contributed by atoms with Gasteiger partial charge in [0.25, 0.3) is 0 Å². The Bertz CT molecular complexity index is 760. The van der Waals surface area contributed by atoms with Crippen molar-refractivity contribution in [3.63, 3.8) is 0 Å². The fraction of sp³-hybridized carbons (Fsp3) is 0.333. The number of phenols is 1. The minimum atomic E-state index is -1.10. The Kier molecular flexibility index (Phi) is 6.51. The van der Waals surface area contributed by atoms with Gasteiger partial charge in [0.2, 0.25) is 0 Å². The number of hydrogen-bond donors (Lipinski definition) is 2. The van der Waals surface area contributed by atoms with Crippen LogP contribution in [0.3, 0.4) is 0 Å². The monoisotopic (exact) mass is 342 g/mol. The molecule has 0 bridgehead atoms. The van der Waals surface area contributed by atoms with Gasteiger partial charge in [-0.3, -0.25) is 4.79 Å². The molecule has 2 rings (SSSR count). The zero-order valence-corrected chi connectivity index (χ0v) is 15.7. The van der Waals surface area contributed by atoms with Gasteiger partial charge in [0.15, 0.2) is 6.29 Å². The summed E-state index contributed by atoms with van der Waals surface area (Å²) in [5.41, 5.74) is 4.92. The third kappa shape index (κ3) is 5.45. The molecule has 0 atom stereocenters. The van der Waals surface area contributed by atoms with Gasteiger partial charge in [0.05, 0.1) is 0 Å². The highest BCUT2D eigenvalue weighted by molar-refractivity contribution is 5.91. The van der Waals surface area contributed by atoms with Crippen molar-refractivity contribution in [3.05, 3.63) is 63.7 Å². The van der Waals surface area contributed by atoms with E-state index in [0.29, 0.717) is 0 Å². The maximum atomic E-state index is 10.7. The van der Waals surface area contributed by atoms with E-state index in [0.717, 1.165) is 28.5 Å². The largest absolute Gasteiger partial charge is 0.507 e. The predicted octanol–water partition coefficient (Wildman–Crippen LogP) is 4.81. The molecule has 0 radical (unpaired) electrons. The highest BCUT2D eigenvalue weighted by atomic mass is 16.4. The van der Waals surface area contributed by atoms with E-state index in [9.17, 15) is 14.7 Å². The van der Waals surface area contributed by atoms with Crippen LogP contribution < -0.4 is 0 Å².